The van der Waals surface area contributed by atoms with Crippen LogP contribution in [0.1, 0.15) is 15.9 Å². The summed E-state index contributed by atoms with van der Waals surface area (Å²) >= 11 is 6.11. The van der Waals surface area contributed by atoms with Crippen LogP contribution in [0, 0.1) is 6.92 Å². The Labute approximate surface area is 166 Å². The van der Waals surface area contributed by atoms with Crippen LogP contribution >= 0.6 is 11.6 Å². The summed E-state index contributed by atoms with van der Waals surface area (Å²) in [6.45, 7) is 1.92. The molecule has 0 fully saturated rings. The van der Waals surface area contributed by atoms with E-state index in [4.69, 9.17) is 16.0 Å². The summed E-state index contributed by atoms with van der Waals surface area (Å²) in [5, 5.41) is 4.14. The summed E-state index contributed by atoms with van der Waals surface area (Å²) < 4.78 is 5.96. The van der Waals surface area contributed by atoms with Crippen molar-refractivity contribution in [1.82, 2.24) is 4.98 Å². The lowest BCUT2D eigenvalue weighted by Crippen LogP contribution is -2.22. The topological polar surface area (TPSA) is 67.5 Å². The number of carbonyl (C=O) groups excluding carboxylic acids is 1. The van der Waals surface area contributed by atoms with Crippen molar-refractivity contribution in [3.63, 3.8) is 0 Å². The Hall–Kier alpha value is -3.44. The lowest BCUT2D eigenvalue weighted by atomic mass is 10.1. The van der Waals surface area contributed by atoms with Crippen LogP contribution in [0.5, 0.6) is 0 Å². The van der Waals surface area contributed by atoms with Gasteiger partial charge in [-0.1, -0.05) is 41.9 Å². The fraction of sp³-hybridized carbons (Fsp3) is 0.0455. The molecule has 0 aliphatic rings. The number of hydrogen-bond donors (Lipinski definition) is 1. The van der Waals surface area contributed by atoms with Gasteiger partial charge in [0.25, 0.3) is 5.91 Å². The highest BCUT2D eigenvalue weighted by Gasteiger charge is 2.14. The van der Waals surface area contributed by atoms with Gasteiger partial charge in [-0.3, -0.25) is 4.79 Å². The highest BCUT2D eigenvalue weighted by atomic mass is 35.5. The van der Waals surface area contributed by atoms with E-state index in [1.165, 1.54) is 0 Å². The molecule has 0 unspecified atom stereocenters. The Balaban J connectivity index is 1.88. The summed E-state index contributed by atoms with van der Waals surface area (Å²) in [6, 6.07) is 19.9. The Morgan fingerprint density at radius 1 is 1.07 bits per heavy atom. The minimum absolute atomic E-state index is 0.206. The molecule has 1 N–H and O–H groups in total. The number of nitrogens with zero attached hydrogens (tertiary/aromatic N) is 2. The third-order valence-electron chi connectivity index (χ3n) is 4.20. The molecule has 0 radical (unpaired) electrons. The average Bonchev–Trinajstić information content (AvgIpc) is 2.71. The number of anilines is 1. The standard InChI is InChI=1S/C22H16ClN3O2/c1-14-9-10-16(23)13-18(14)25-22-17(12-15-6-2-3-7-19(15)28-22)21(27)26-20-8-4-5-11-24-20/h2-13H,1H3,(H,24,26,27). The van der Waals surface area contributed by atoms with E-state index in [0.717, 1.165) is 10.9 Å². The van der Waals surface area contributed by atoms with Crippen molar-refractivity contribution in [3.05, 3.63) is 94.6 Å². The molecule has 28 heavy (non-hydrogen) atoms. The lowest BCUT2D eigenvalue weighted by molar-refractivity contribution is 0.102. The van der Waals surface area contributed by atoms with Crippen LogP contribution in [-0.4, -0.2) is 10.9 Å². The number of amides is 1. The van der Waals surface area contributed by atoms with E-state index >= 15 is 0 Å². The first kappa shape index (κ1) is 17.9. The van der Waals surface area contributed by atoms with E-state index < -0.39 is 0 Å². The van der Waals surface area contributed by atoms with Crippen LogP contribution < -0.4 is 10.9 Å². The summed E-state index contributed by atoms with van der Waals surface area (Å²) in [4.78, 5) is 21.6. The molecule has 4 aromatic rings. The summed E-state index contributed by atoms with van der Waals surface area (Å²) in [7, 11) is 0. The van der Waals surface area contributed by atoms with Crippen molar-refractivity contribution in [2.45, 2.75) is 6.92 Å². The lowest BCUT2D eigenvalue weighted by Gasteiger charge is -2.07. The molecular weight excluding hydrogens is 374 g/mol. The van der Waals surface area contributed by atoms with Gasteiger partial charge in [0, 0.05) is 16.6 Å². The number of pyridine rings is 1. The van der Waals surface area contributed by atoms with Gasteiger partial charge in [-0.15, -0.1) is 0 Å². The summed E-state index contributed by atoms with van der Waals surface area (Å²) in [5.74, 6) is 0.0946. The van der Waals surface area contributed by atoms with E-state index in [9.17, 15) is 4.79 Å². The first-order valence-electron chi connectivity index (χ1n) is 8.66. The number of fused-ring (bicyclic) bond motifs is 1. The second-order valence-electron chi connectivity index (χ2n) is 6.21. The molecule has 4 rings (SSSR count). The third-order valence-corrected chi connectivity index (χ3v) is 4.44. The van der Waals surface area contributed by atoms with Gasteiger partial charge in [-0.05, 0) is 48.9 Å². The molecule has 2 aromatic heterocycles. The molecule has 1 amide bonds. The summed E-state index contributed by atoms with van der Waals surface area (Å²) in [6.07, 6.45) is 1.61. The van der Waals surface area contributed by atoms with E-state index in [2.05, 4.69) is 15.3 Å². The van der Waals surface area contributed by atoms with Gasteiger partial charge in [0.1, 0.15) is 17.0 Å². The molecular formula is C22H16ClN3O2. The SMILES string of the molecule is Cc1ccc(Cl)cc1N=c1oc2ccccc2cc1C(=O)Nc1ccccn1. The Morgan fingerprint density at radius 2 is 1.89 bits per heavy atom. The molecule has 0 aliphatic heterocycles. The molecule has 2 heterocycles. The zero-order valence-corrected chi connectivity index (χ0v) is 15.8. The highest BCUT2D eigenvalue weighted by Crippen LogP contribution is 2.23. The van der Waals surface area contributed by atoms with Crippen LogP contribution in [0.25, 0.3) is 11.0 Å². The fourth-order valence-electron chi connectivity index (χ4n) is 2.75. The van der Waals surface area contributed by atoms with Crippen LogP contribution in [0.3, 0.4) is 0 Å². The van der Waals surface area contributed by atoms with Crippen molar-refractivity contribution in [1.29, 1.82) is 0 Å². The first-order chi connectivity index (χ1) is 13.6. The van der Waals surface area contributed by atoms with Gasteiger partial charge >= 0.3 is 0 Å². The Kier molecular flexibility index (Phi) is 4.91. The number of benzene rings is 2. The van der Waals surface area contributed by atoms with Crippen molar-refractivity contribution < 1.29 is 9.21 Å². The van der Waals surface area contributed by atoms with Crippen LogP contribution in [0.4, 0.5) is 11.5 Å². The predicted molar refractivity (Wildman–Crippen MR) is 110 cm³/mol. The first-order valence-corrected chi connectivity index (χ1v) is 9.04. The zero-order valence-electron chi connectivity index (χ0n) is 15.0. The largest absolute Gasteiger partial charge is 0.438 e. The monoisotopic (exact) mass is 389 g/mol. The van der Waals surface area contributed by atoms with Gasteiger partial charge in [0.15, 0.2) is 0 Å². The number of aromatic nitrogens is 1. The molecule has 0 bridgehead atoms. The van der Waals surface area contributed by atoms with Gasteiger partial charge in [0.2, 0.25) is 5.55 Å². The molecule has 138 valence electrons. The predicted octanol–water partition coefficient (Wildman–Crippen LogP) is 5.27. The zero-order chi connectivity index (χ0) is 19.5. The normalized spacial score (nSPS) is 11.6. The molecule has 0 saturated carbocycles. The van der Waals surface area contributed by atoms with Gasteiger partial charge < -0.3 is 9.73 Å². The molecule has 5 nitrogen and oxygen atoms in total. The second-order valence-corrected chi connectivity index (χ2v) is 6.65. The van der Waals surface area contributed by atoms with E-state index in [1.54, 1.807) is 42.6 Å². The van der Waals surface area contributed by atoms with E-state index in [1.807, 2.05) is 37.3 Å². The number of nitrogens with one attached hydrogen (secondary N) is 1. The number of aryl methyl sites for hydroxylation is 1. The Morgan fingerprint density at radius 3 is 2.71 bits per heavy atom. The van der Waals surface area contributed by atoms with Gasteiger partial charge in [0.05, 0.1) is 5.69 Å². The minimum Gasteiger partial charge on any atom is -0.438 e. The van der Waals surface area contributed by atoms with Crippen LogP contribution in [0.2, 0.25) is 5.02 Å². The van der Waals surface area contributed by atoms with Gasteiger partial charge in [-0.25, -0.2) is 9.98 Å². The van der Waals surface area contributed by atoms with Crippen molar-refractivity contribution >= 4 is 40.0 Å². The van der Waals surface area contributed by atoms with Crippen LogP contribution in [0.15, 0.2) is 82.3 Å². The summed E-state index contributed by atoms with van der Waals surface area (Å²) in [5.41, 5.74) is 2.71. The van der Waals surface area contributed by atoms with Gasteiger partial charge in [-0.2, -0.15) is 0 Å². The number of halogens is 1. The number of hydrogen-bond acceptors (Lipinski definition) is 4. The second kappa shape index (κ2) is 7.66. The molecule has 0 aliphatic carbocycles. The third kappa shape index (κ3) is 3.80. The molecule has 6 heteroatoms. The molecule has 0 atom stereocenters. The quantitative estimate of drug-likeness (QED) is 0.518. The Bertz CT molecular complexity index is 1230. The molecule has 0 spiro atoms. The molecule has 2 aromatic carbocycles. The maximum absolute atomic E-state index is 12.9. The fourth-order valence-corrected chi connectivity index (χ4v) is 2.91. The maximum atomic E-state index is 12.9. The van der Waals surface area contributed by atoms with E-state index in [-0.39, 0.29) is 11.5 Å². The smallest absolute Gasteiger partial charge is 0.262 e. The van der Waals surface area contributed by atoms with Crippen molar-refractivity contribution in [2.24, 2.45) is 4.99 Å². The maximum Gasteiger partial charge on any atom is 0.262 e. The average molecular weight is 390 g/mol. The van der Waals surface area contributed by atoms with Crippen molar-refractivity contribution in [3.8, 4) is 0 Å². The number of para-hydroxylation sites is 1. The molecule has 0 saturated heterocycles. The van der Waals surface area contributed by atoms with Crippen LogP contribution in [-0.2, 0) is 0 Å². The van der Waals surface area contributed by atoms with E-state index in [0.29, 0.717) is 27.7 Å². The highest BCUT2D eigenvalue weighted by molar-refractivity contribution is 6.30. The van der Waals surface area contributed by atoms with Crippen molar-refractivity contribution in [2.75, 3.05) is 5.32 Å². The number of rotatable bonds is 3. The minimum atomic E-state index is -0.355. The number of carbonyl (C=O) groups is 1.